The van der Waals surface area contributed by atoms with Gasteiger partial charge in [0.1, 0.15) is 0 Å². The average molecular weight is 463 g/mol. The van der Waals surface area contributed by atoms with E-state index in [2.05, 4.69) is 20.6 Å². The fourth-order valence-electron chi connectivity index (χ4n) is 4.62. The number of benzene rings is 1. The Morgan fingerprint density at radius 1 is 1.22 bits per heavy atom. The normalized spacial score (nSPS) is 20.9. The van der Waals surface area contributed by atoms with Crippen molar-refractivity contribution in [3.8, 4) is 11.1 Å². The van der Waals surface area contributed by atoms with Gasteiger partial charge in [-0.1, -0.05) is 6.07 Å². The van der Waals surface area contributed by atoms with Crippen molar-refractivity contribution in [3.63, 3.8) is 0 Å². The lowest BCUT2D eigenvalue weighted by molar-refractivity contribution is -0.117. The van der Waals surface area contributed by atoms with Crippen molar-refractivity contribution in [3.05, 3.63) is 36.2 Å². The number of fused-ring (bicyclic) bond motifs is 1. The summed E-state index contributed by atoms with van der Waals surface area (Å²) in [5.41, 5.74) is 3.52. The standard InChI is InChI=1S/C22H30N6O3.ClH/c1-15-11-20(25-22(30)31)19-12-17(3-4-21(19)28(15)16(2)29)18-13-24-27(14-18)10-9-26-7-5-23-6-8-26;/h3-4,12-15,20,23,25H,5-11H2,1-2H3,(H,30,31);1H/t15-,20+;/m1./s1. The minimum atomic E-state index is -1.06. The highest BCUT2D eigenvalue weighted by atomic mass is 35.5. The molecule has 0 saturated carbocycles. The van der Waals surface area contributed by atoms with E-state index in [4.69, 9.17) is 0 Å². The van der Waals surface area contributed by atoms with Crippen LogP contribution in [0, 0.1) is 0 Å². The van der Waals surface area contributed by atoms with Crippen LogP contribution in [0.25, 0.3) is 11.1 Å². The number of hydrogen-bond donors (Lipinski definition) is 3. The molecule has 9 nitrogen and oxygen atoms in total. The van der Waals surface area contributed by atoms with E-state index in [0.717, 1.165) is 61.6 Å². The van der Waals surface area contributed by atoms with E-state index in [9.17, 15) is 14.7 Å². The zero-order chi connectivity index (χ0) is 22.0. The Bertz CT molecular complexity index is 959. The van der Waals surface area contributed by atoms with E-state index in [1.54, 1.807) is 11.8 Å². The quantitative estimate of drug-likeness (QED) is 0.630. The van der Waals surface area contributed by atoms with E-state index in [-0.39, 0.29) is 30.4 Å². The van der Waals surface area contributed by atoms with Crippen LogP contribution in [-0.2, 0) is 11.3 Å². The predicted octanol–water partition coefficient (Wildman–Crippen LogP) is 2.33. The molecule has 10 heteroatoms. The van der Waals surface area contributed by atoms with Crippen LogP contribution in [0.15, 0.2) is 30.6 Å². The van der Waals surface area contributed by atoms with Gasteiger partial charge >= 0.3 is 6.09 Å². The first-order valence-electron chi connectivity index (χ1n) is 10.8. The molecule has 1 aromatic carbocycles. The summed E-state index contributed by atoms with van der Waals surface area (Å²) in [5.74, 6) is -0.0454. The van der Waals surface area contributed by atoms with Crippen LogP contribution in [0.2, 0.25) is 0 Å². The van der Waals surface area contributed by atoms with Gasteiger partial charge in [-0.25, -0.2) is 4.79 Å². The van der Waals surface area contributed by atoms with Gasteiger partial charge in [0.25, 0.3) is 0 Å². The number of carbonyl (C=O) groups is 2. The minimum absolute atomic E-state index is 0. The first-order valence-corrected chi connectivity index (χ1v) is 10.8. The molecule has 0 spiro atoms. The van der Waals surface area contributed by atoms with Crippen LogP contribution in [-0.4, -0.2) is 70.6 Å². The fraction of sp³-hybridized carbons (Fsp3) is 0.500. The lowest BCUT2D eigenvalue weighted by Gasteiger charge is -2.39. The molecule has 4 rings (SSSR count). The van der Waals surface area contributed by atoms with Gasteiger partial charge in [-0.15, -0.1) is 12.4 Å². The second-order valence-corrected chi connectivity index (χ2v) is 8.33. The molecule has 0 bridgehead atoms. The SMILES string of the molecule is CC(=O)N1c2ccc(-c3cnn(CCN4CCNCC4)c3)cc2[C@@H](NC(=O)O)C[C@H]1C.Cl. The number of amides is 2. The van der Waals surface area contributed by atoms with Crippen LogP contribution in [0.1, 0.15) is 31.9 Å². The third kappa shape index (κ3) is 5.23. The molecule has 2 aromatic rings. The van der Waals surface area contributed by atoms with Crippen molar-refractivity contribution in [2.75, 3.05) is 37.6 Å². The molecule has 1 fully saturated rings. The maximum absolute atomic E-state index is 12.2. The Morgan fingerprint density at radius 3 is 2.66 bits per heavy atom. The van der Waals surface area contributed by atoms with Gasteiger partial charge in [-0.2, -0.15) is 5.10 Å². The number of nitrogens with one attached hydrogen (secondary N) is 2. The maximum atomic E-state index is 12.2. The molecule has 2 aliphatic heterocycles. The summed E-state index contributed by atoms with van der Waals surface area (Å²) in [6.07, 6.45) is 3.34. The number of aromatic nitrogens is 2. The summed E-state index contributed by atoms with van der Waals surface area (Å²) >= 11 is 0. The van der Waals surface area contributed by atoms with Crippen LogP contribution in [0.3, 0.4) is 0 Å². The molecular formula is C22H31ClN6O3. The Kier molecular flexibility index (Phi) is 7.76. The average Bonchev–Trinajstić information content (AvgIpc) is 3.21. The fourth-order valence-corrected chi connectivity index (χ4v) is 4.62. The smallest absolute Gasteiger partial charge is 0.405 e. The van der Waals surface area contributed by atoms with Crippen molar-refractivity contribution in [1.29, 1.82) is 0 Å². The van der Waals surface area contributed by atoms with E-state index in [1.165, 1.54) is 0 Å². The Morgan fingerprint density at radius 2 is 1.97 bits per heavy atom. The molecule has 2 amide bonds. The number of carboxylic acid groups (broad SMARTS) is 1. The predicted molar refractivity (Wildman–Crippen MR) is 125 cm³/mol. The van der Waals surface area contributed by atoms with E-state index < -0.39 is 6.09 Å². The molecule has 2 atom stereocenters. The van der Waals surface area contributed by atoms with Gasteiger partial charge in [0.15, 0.2) is 0 Å². The van der Waals surface area contributed by atoms with Crippen molar-refractivity contribution >= 4 is 30.1 Å². The van der Waals surface area contributed by atoms with Gasteiger partial charge in [0.2, 0.25) is 5.91 Å². The van der Waals surface area contributed by atoms with E-state index in [1.807, 2.05) is 42.2 Å². The number of anilines is 1. The molecule has 2 aliphatic rings. The van der Waals surface area contributed by atoms with Crippen molar-refractivity contribution in [2.24, 2.45) is 0 Å². The van der Waals surface area contributed by atoms with Crippen molar-refractivity contribution in [1.82, 2.24) is 25.3 Å². The molecule has 32 heavy (non-hydrogen) atoms. The number of rotatable bonds is 5. The van der Waals surface area contributed by atoms with Gasteiger partial charge in [0.05, 0.1) is 18.8 Å². The summed E-state index contributed by atoms with van der Waals surface area (Å²) in [6, 6.07) is 5.43. The zero-order valence-electron chi connectivity index (χ0n) is 18.5. The highest BCUT2D eigenvalue weighted by Crippen LogP contribution is 2.39. The molecule has 0 aliphatic carbocycles. The molecule has 0 radical (unpaired) electrons. The molecule has 3 N–H and O–H groups in total. The molecule has 0 unspecified atom stereocenters. The number of halogens is 1. The zero-order valence-corrected chi connectivity index (χ0v) is 19.3. The van der Waals surface area contributed by atoms with E-state index >= 15 is 0 Å². The monoisotopic (exact) mass is 462 g/mol. The second-order valence-electron chi connectivity index (χ2n) is 8.33. The van der Waals surface area contributed by atoms with Crippen LogP contribution in [0.4, 0.5) is 10.5 Å². The third-order valence-electron chi connectivity index (χ3n) is 6.14. The second kappa shape index (κ2) is 10.3. The van der Waals surface area contributed by atoms with Crippen molar-refractivity contribution in [2.45, 2.75) is 38.9 Å². The molecule has 1 aromatic heterocycles. The van der Waals surface area contributed by atoms with Gasteiger partial charge in [-0.3, -0.25) is 14.4 Å². The third-order valence-corrected chi connectivity index (χ3v) is 6.14. The summed E-state index contributed by atoms with van der Waals surface area (Å²) < 4.78 is 1.95. The van der Waals surface area contributed by atoms with Gasteiger partial charge < -0.3 is 20.6 Å². The Labute approximate surface area is 194 Å². The number of hydrogen-bond acceptors (Lipinski definition) is 5. The summed E-state index contributed by atoms with van der Waals surface area (Å²) in [4.78, 5) is 27.7. The van der Waals surface area contributed by atoms with Crippen LogP contribution in [0.5, 0.6) is 0 Å². The molecule has 174 valence electrons. The number of carbonyl (C=O) groups excluding carboxylic acids is 1. The molecular weight excluding hydrogens is 432 g/mol. The first-order chi connectivity index (χ1) is 14.9. The van der Waals surface area contributed by atoms with Crippen molar-refractivity contribution < 1.29 is 14.7 Å². The number of nitrogens with zero attached hydrogens (tertiary/aromatic N) is 4. The molecule has 1 saturated heterocycles. The van der Waals surface area contributed by atoms with Crippen LogP contribution >= 0.6 is 12.4 Å². The summed E-state index contributed by atoms with van der Waals surface area (Å²) in [7, 11) is 0. The Balaban J connectivity index is 0.00000289. The first kappa shape index (κ1) is 24.0. The topological polar surface area (TPSA) is 103 Å². The Hall–Kier alpha value is -2.62. The highest BCUT2D eigenvalue weighted by molar-refractivity contribution is 5.94. The number of piperazine rings is 1. The van der Waals surface area contributed by atoms with Gasteiger partial charge in [-0.05, 0) is 36.6 Å². The lowest BCUT2D eigenvalue weighted by atomic mass is 9.89. The molecule has 3 heterocycles. The minimum Gasteiger partial charge on any atom is -0.465 e. The highest BCUT2D eigenvalue weighted by Gasteiger charge is 2.33. The summed E-state index contributed by atoms with van der Waals surface area (Å²) in [6.45, 7) is 9.44. The maximum Gasteiger partial charge on any atom is 0.405 e. The lowest BCUT2D eigenvalue weighted by Crippen LogP contribution is -2.45. The van der Waals surface area contributed by atoms with Gasteiger partial charge in [0, 0.05) is 63.1 Å². The van der Waals surface area contributed by atoms with E-state index in [0.29, 0.717) is 6.42 Å². The summed E-state index contributed by atoms with van der Waals surface area (Å²) in [5, 5.41) is 19.8. The largest absolute Gasteiger partial charge is 0.465 e. The van der Waals surface area contributed by atoms with Crippen LogP contribution < -0.4 is 15.5 Å².